The number of aryl methyl sites for hydroxylation is 1. The highest BCUT2D eigenvalue weighted by molar-refractivity contribution is 6.31. The number of fused-ring (bicyclic) bond motifs is 1. The predicted molar refractivity (Wildman–Crippen MR) is 114 cm³/mol. The molecule has 0 radical (unpaired) electrons. The topological polar surface area (TPSA) is 41.6 Å². The first-order valence-corrected chi connectivity index (χ1v) is 10.2. The number of nitrogens with zero attached hydrogens (tertiary/aromatic N) is 1. The molecule has 1 amide bonds. The molecule has 2 aromatic rings. The van der Waals surface area contributed by atoms with Crippen LogP contribution in [0.5, 0.6) is 5.75 Å². The molecule has 2 aromatic carbocycles. The molecular weight excluding hydrogens is 372 g/mol. The first kappa shape index (κ1) is 20.7. The third-order valence-corrected chi connectivity index (χ3v) is 5.94. The molecule has 1 aliphatic rings. The van der Waals surface area contributed by atoms with Crippen LogP contribution in [0, 0.1) is 0 Å². The molecule has 0 heterocycles. The van der Waals surface area contributed by atoms with E-state index in [0.29, 0.717) is 13.0 Å². The first-order valence-electron chi connectivity index (χ1n) is 9.84. The van der Waals surface area contributed by atoms with E-state index in [0.717, 1.165) is 35.6 Å². The van der Waals surface area contributed by atoms with Gasteiger partial charge in [0.15, 0.2) is 0 Å². The van der Waals surface area contributed by atoms with E-state index in [-0.39, 0.29) is 17.9 Å². The molecule has 150 valence electrons. The first-order chi connectivity index (χ1) is 13.5. The summed E-state index contributed by atoms with van der Waals surface area (Å²) < 4.78 is 5.34. The fourth-order valence-electron chi connectivity index (χ4n) is 4.05. The molecule has 1 N–H and O–H groups in total. The van der Waals surface area contributed by atoms with Gasteiger partial charge in [0.2, 0.25) is 5.91 Å². The summed E-state index contributed by atoms with van der Waals surface area (Å²) >= 11 is 6.37. The number of rotatable bonds is 7. The van der Waals surface area contributed by atoms with Crippen molar-refractivity contribution in [3.63, 3.8) is 0 Å². The number of hydrogen-bond acceptors (Lipinski definition) is 3. The van der Waals surface area contributed by atoms with Crippen LogP contribution in [0.2, 0.25) is 5.02 Å². The van der Waals surface area contributed by atoms with E-state index in [4.69, 9.17) is 16.3 Å². The maximum Gasteiger partial charge on any atom is 0.220 e. The summed E-state index contributed by atoms with van der Waals surface area (Å²) in [6, 6.07) is 14.1. The molecule has 0 saturated carbocycles. The Morgan fingerprint density at radius 2 is 2.07 bits per heavy atom. The van der Waals surface area contributed by atoms with Crippen LogP contribution in [0.25, 0.3) is 0 Å². The average Bonchev–Trinajstić information content (AvgIpc) is 2.69. The Balaban J connectivity index is 1.64. The van der Waals surface area contributed by atoms with E-state index >= 15 is 0 Å². The fourth-order valence-corrected chi connectivity index (χ4v) is 4.31. The maximum absolute atomic E-state index is 12.7. The lowest BCUT2D eigenvalue weighted by molar-refractivity contribution is -0.121. The van der Waals surface area contributed by atoms with Gasteiger partial charge >= 0.3 is 0 Å². The number of benzene rings is 2. The lowest BCUT2D eigenvalue weighted by Gasteiger charge is -2.28. The summed E-state index contributed by atoms with van der Waals surface area (Å²) in [6.07, 6.45) is 3.73. The minimum atomic E-state index is 0.0422. The molecule has 1 aliphatic carbocycles. The van der Waals surface area contributed by atoms with Crippen LogP contribution in [0.1, 0.15) is 47.9 Å². The molecule has 0 bridgehead atoms. The Labute approximate surface area is 172 Å². The summed E-state index contributed by atoms with van der Waals surface area (Å²) in [4.78, 5) is 14.8. The van der Waals surface area contributed by atoms with Crippen LogP contribution in [-0.4, -0.2) is 38.6 Å². The molecule has 2 atom stereocenters. The normalized spacial score (nSPS) is 17.1. The number of nitrogens with one attached hydrogen (secondary N) is 1. The van der Waals surface area contributed by atoms with Gasteiger partial charge in [-0.2, -0.15) is 0 Å². The number of likely N-dealkylation sites (N-methyl/N-ethyl adjacent to an activating group) is 1. The predicted octanol–water partition coefficient (Wildman–Crippen LogP) is 4.58. The van der Waals surface area contributed by atoms with Crippen LogP contribution in [0.15, 0.2) is 42.5 Å². The van der Waals surface area contributed by atoms with Gasteiger partial charge in [-0.05, 0) is 74.2 Å². The van der Waals surface area contributed by atoms with Crippen molar-refractivity contribution in [2.45, 2.75) is 37.6 Å². The Hall–Kier alpha value is -2.04. The maximum atomic E-state index is 12.7. The van der Waals surface area contributed by atoms with Crippen LogP contribution < -0.4 is 10.1 Å². The van der Waals surface area contributed by atoms with Crippen LogP contribution >= 0.6 is 11.6 Å². The SMILES string of the molecule is COc1ccc2c(c1)CCCC2CC(=O)NCC(c1ccccc1Cl)N(C)C. The average molecular weight is 401 g/mol. The van der Waals surface area contributed by atoms with Crippen molar-refractivity contribution >= 4 is 17.5 Å². The van der Waals surface area contributed by atoms with Crippen molar-refractivity contribution in [2.24, 2.45) is 0 Å². The Morgan fingerprint density at radius 3 is 2.79 bits per heavy atom. The number of methoxy groups -OCH3 is 1. The number of hydrogen-bond donors (Lipinski definition) is 1. The Morgan fingerprint density at radius 1 is 1.29 bits per heavy atom. The van der Waals surface area contributed by atoms with Gasteiger partial charge in [-0.3, -0.25) is 4.79 Å². The van der Waals surface area contributed by atoms with Gasteiger partial charge in [-0.25, -0.2) is 0 Å². The van der Waals surface area contributed by atoms with E-state index in [9.17, 15) is 4.79 Å². The van der Waals surface area contributed by atoms with Gasteiger partial charge in [0.05, 0.1) is 13.2 Å². The standard InChI is InChI=1S/C23H29ClN2O2/c1-26(2)22(20-9-4-5-10-21(20)24)15-25-23(27)14-17-8-6-7-16-13-18(28-3)11-12-19(16)17/h4-5,9-13,17,22H,6-8,14-15H2,1-3H3,(H,25,27). The fraction of sp³-hybridized carbons (Fsp3) is 0.435. The van der Waals surface area contributed by atoms with Gasteiger partial charge in [0.1, 0.15) is 5.75 Å². The van der Waals surface area contributed by atoms with Crippen molar-refractivity contribution < 1.29 is 9.53 Å². The zero-order chi connectivity index (χ0) is 20.1. The molecule has 0 spiro atoms. The van der Waals surface area contributed by atoms with Crippen LogP contribution in [-0.2, 0) is 11.2 Å². The van der Waals surface area contributed by atoms with Crippen molar-refractivity contribution in [1.82, 2.24) is 10.2 Å². The lowest BCUT2D eigenvalue weighted by atomic mass is 9.81. The second-order valence-corrected chi connectivity index (χ2v) is 8.07. The summed E-state index contributed by atoms with van der Waals surface area (Å²) in [5, 5.41) is 3.85. The lowest BCUT2D eigenvalue weighted by Crippen LogP contribution is -2.35. The van der Waals surface area contributed by atoms with Gasteiger partial charge in [-0.15, -0.1) is 0 Å². The van der Waals surface area contributed by atoms with Crippen LogP contribution in [0.4, 0.5) is 0 Å². The number of carbonyl (C=O) groups excluding carboxylic acids is 1. The van der Waals surface area contributed by atoms with Gasteiger partial charge < -0.3 is 15.0 Å². The monoisotopic (exact) mass is 400 g/mol. The molecule has 4 nitrogen and oxygen atoms in total. The summed E-state index contributed by atoms with van der Waals surface area (Å²) in [5.74, 6) is 1.25. The Kier molecular flexibility index (Phi) is 6.97. The molecule has 0 fully saturated rings. The number of halogens is 1. The third-order valence-electron chi connectivity index (χ3n) is 5.60. The van der Waals surface area contributed by atoms with Gasteiger partial charge in [0.25, 0.3) is 0 Å². The smallest absolute Gasteiger partial charge is 0.220 e. The third kappa shape index (κ3) is 4.86. The van der Waals surface area contributed by atoms with E-state index < -0.39 is 0 Å². The van der Waals surface area contributed by atoms with Gasteiger partial charge in [0, 0.05) is 18.0 Å². The second-order valence-electron chi connectivity index (χ2n) is 7.66. The summed E-state index contributed by atoms with van der Waals surface area (Å²) in [5.41, 5.74) is 3.63. The quantitative estimate of drug-likeness (QED) is 0.739. The van der Waals surface area contributed by atoms with Crippen molar-refractivity contribution in [3.05, 3.63) is 64.2 Å². The molecule has 3 rings (SSSR count). The number of amides is 1. The highest BCUT2D eigenvalue weighted by Crippen LogP contribution is 2.35. The molecule has 28 heavy (non-hydrogen) atoms. The molecular formula is C23H29ClN2O2. The summed E-state index contributed by atoms with van der Waals surface area (Å²) in [7, 11) is 5.70. The van der Waals surface area contributed by atoms with Gasteiger partial charge in [-0.1, -0.05) is 35.9 Å². The van der Waals surface area contributed by atoms with Crippen LogP contribution in [0.3, 0.4) is 0 Å². The van der Waals surface area contributed by atoms with Crippen molar-refractivity contribution in [1.29, 1.82) is 0 Å². The number of ether oxygens (including phenoxy) is 1. The Bertz CT molecular complexity index is 822. The van der Waals surface area contributed by atoms with E-state index in [1.54, 1.807) is 7.11 Å². The molecule has 0 saturated heterocycles. The van der Waals surface area contributed by atoms with E-state index in [2.05, 4.69) is 22.3 Å². The second kappa shape index (κ2) is 9.44. The van der Waals surface area contributed by atoms with E-state index in [1.165, 1.54) is 11.1 Å². The highest BCUT2D eigenvalue weighted by atomic mass is 35.5. The van der Waals surface area contributed by atoms with E-state index in [1.807, 2.05) is 44.4 Å². The molecule has 0 aliphatic heterocycles. The molecule has 0 aromatic heterocycles. The largest absolute Gasteiger partial charge is 0.497 e. The zero-order valence-electron chi connectivity index (χ0n) is 16.9. The number of carbonyl (C=O) groups is 1. The zero-order valence-corrected chi connectivity index (χ0v) is 17.6. The minimum Gasteiger partial charge on any atom is -0.497 e. The molecule has 5 heteroatoms. The minimum absolute atomic E-state index is 0.0422. The molecule has 2 unspecified atom stereocenters. The highest BCUT2D eigenvalue weighted by Gasteiger charge is 2.24. The summed E-state index contributed by atoms with van der Waals surface area (Å²) in [6.45, 7) is 0.539. The van der Waals surface area contributed by atoms with Crippen molar-refractivity contribution in [3.8, 4) is 5.75 Å². The van der Waals surface area contributed by atoms with Crippen molar-refractivity contribution in [2.75, 3.05) is 27.7 Å².